The third kappa shape index (κ3) is 2.62. The van der Waals surface area contributed by atoms with E-state index in [9.17, 15) is 5.11 Å². The minimum absolute atomic E-state index is 0.283. The molecule has 1 N–H and O–H groups in total. The van der Waals surface area contributed by atoms with Gasteiger partial charge in [-0.25, -0.2) is 0 Å². The van der Waals surface area contributed by atoms with Crippen LogP contribution >= 0.6 is 0 Å². The summed E-state index contributed by atoms with van der Waals surface area (Å²) in [6, 6.07) is 10.7. The number of aliphatic hydroxyl groups excluding tert-OH is 1. The Labute approximate surface area is 142 Å². The van der Waals surface area contributed by atoms with Gasteiger partial charge in [0.15, 0.2) is 0 Å². The molecule has 0 spiro atoms. The van der Waals surface area contributed by atoms with Crippen LogP contribution in [0.2, 0.25) is 0 Å². The predicted molar refractivity (Wildman–Crippen MR) is 93.1 cm³/mol. The first-order valence-corrected chi connectivity index (χ1v) is 8.73. The summed E-state index contributed by atoms with van der Waals surface area (Å²) in [6.07, 6.45) is 2.33. The van der Waals surface area contributed by atoms with Crippen molar-refractivity contribution in [3.05, 3.63) is 36.0 Å². The van der Waals surface area contributed by atoms with Crippen LogP contribution in [-0.4, -0.2) is 52.6 Å². The molecule has 0 saturated carbocycles. The van der Waals surface area contributed by atoms with E-state index in [1.54, 1.807) is 7.11 Å². The fraction of sp³-hybridized carbons (Fsp3) is 0.526. The molecule has 128 valence electrons. The van der Waals surface area contributed by atoms with E-state index in [0.717, 1.165) is 36.5 Å². The van der Waals surface area contributed by atoms with Gasteiger partial charge in [-0.2, -0.15) is 5.10 Å². The third-order valence-corrected chi connectivity index (χ3v) is 5.77. The van der Waals surface area contributed by atoms with E-state index >= 15 is 0 Å². The minimum atomic E-state index is 0.283. The maximum atomic E-state index is 9.55. The molecule has 4 unspecified atom stereocenters. The lowest BCUT2D eigenvalue weighted by molar-refractivity contribution is 0.00105. The second-order valence-corrected chi connectivity index (χ2v) is 7.03. The first-order chi connectivity index (χ1) is 11.7. The quantitative estimate of drug-likeness (QED) is 0.936. The SMILES string of the molecule is COc1ccc(-c2cc(C3CN4CCC3CC4CO)n(C)n2)cc1. The van der Waals surface area contributed by atoms with Crippen molar-refractivity contribution in [1.29, 1.82) is 0 Å². The van der Waals surface area contributed by atoms with E-state index in [4.69, 9.17) is 9.84 Å². The number of methoxy groups -OCH3 is 1. The van der Waals surface area contributed by atoms with Gasteiger partial charge in [0.25, 0.3) is 0 Å². The number of aliphatic hydroxyl groups is 1. The highest BCUT2D eigenvalue weighted by Crippen LogP contribution is 2.42. The summed E-state index contributed by atoms with van der Waals surface area (Å²) in [5.74, 6) is 2.04. The molecule has 3 aliphatic rings. The van der Waals surface area contributed by atoms with Crippen molar-refractivity contribution in [3.63, 3.8) is 0 Å². The number of rotatable bonds is 4. The van der Waals surface area contributed by atoms with Gasteiger partial charge >= 0.3 is 0 Å². The fourth-order valence-corrected chi connectivity index (χ4v) is 4.39. The lowest BCUT2D eigenvalue weighted by Crippen LogP contribution is -2.53. The van der Waals surface area contributed by atoms with Crippen LogP contribution in [-0.2, 0) is 7.05 Å². The molecule has 1 aromatic carbocycles. The van der Waals surface area contributed by atoms with Gasteiger partial charge in [0.05, 0.1) is 19.4 Å². The Morgan fingerprint density at radius 1 is 1.29 bits per heavy atom. The number of hydrogen-bond donors (Lipinski definition) is 1. The van der Waals surface area contributed by atoms with Crippen molar-refractivity contribution in [1.82, 2.24) is 14.7 Å². The Morgan fingerprint density at radius 2 is 2.08 bits per heavy atom. The summed E-state index contributed by atoms with van der Waals surface area (Å²) in [4.78, 5) is 2.45. The number of hydrogen-bond acceptors (Lipinski definition) is 4. The highest BCUT2D eigenvalue weighted by atomic mass is 16.5. The van der Waals surface area contributed by atoms with Crippen molar-refractivity contribution in [3.8, 4) is 17.0 Å². The Kier molecular flexibility index (Phi) is 4.06. The predicted octanol–water partition coefficient (Wildman–Crippen LogP) is 2.27. The van der Waals surface area contributed by atoms with E-state index in [1.165, 1.54) is 12.1 Å². The summed E-state index contributed by atoms with van der Waals surface area (Å²) in [6.45, 7) is 2.44. The second-order valence-electron chi connectivity index (χ2n) is 7.03. The molecule has 5 heteroatoms. The number of nitrogens with zero attached hydrogens (tertiary/aromatic N) is 3. The van der Waals surface area contributed by atoms with Crippen LogP contribution in [0.4, 0.5) is 0 Å². The topological polar surface area (TPSA) is 50.5 Å². The largest absolute Gasteiger partial charge is 0.497 e. The molecule has 0 amide bonds. The van der Waals surface area contributed by atoms with Crippen LogP contribution in [0.25, 0.3) is 11.3 Å². The van der Waals surface area contributed by atoms with Gasteiger partial charge in [0.1, 0.15) is 5.75 Å². The molecule has 4 heterocycles. The van der Waals surface area contributed by atoms with Gasteiger partial charge in [-0.3, -0.25) is 9.58 Å². The fourth-order valence-electron chi connectivity index (χ4n) is 4.39. The number of piperidine rings is 3. The standard InChI is InChI=1S/C19H25N3O2/c1-21-19(17-11-22-8-7-14(17)9-15(22)12-23)10-18(20-21)13-3-5-16(24-2)6-4-13/h3-6,10,14-15,17,23H,7-9,11-12H2,1-2H3. The Hall–Kier alpha value is -1.85. The highest BCUT2D eigenvalue weighted by Gasteiger charge is 2.41. The van der Waals surface area contributed by atoms with Gasteiger partial charge in [0, 0.05) is 36.8 Å². The first kappa shape index (κ1) is 15.7. The molecule has 3 saturated heterocycles. The molecule has 2 aromatic rings. The lowest BCUT2D eigenvalue weighted by atomic mass is 9.74. The number of aromatic nitrogens is 2. The van der Waals surface area contributed by atoms with Crippen LogP contribution < -0.4 is 4.74 Å². The van der Waals surface area contributed by atoms with Gasteiger partial charge in [0.2, 0.25) is 0 Å². The monoisotopic (exact) mass is 327 g/mol. The summed E-state index contributed by atoms with van der Waals surface area (Å²) < 4.78 is 7.27. The molecule has 4 atom stereocenters. The summed E-state index contributed by atoms with van der Waals surface area (Å²) >= 11 is 0. The summed E-state index contributed by atoms with van der Waals surface area (Å²) in [7, 11) is 3.73. The van der Waals surface area contributed by atoms with Gasteiger partial charge in [-0.05, 0) is 55.6 Å². The molecular formula is C19H25N3O2. The zero-order chi connectivity index (χ0) is 16.7. The molecule has 2 bridgehead atoms. The number of aryl methyl sites for hydroxylation is 1. The van der Waals surface area contributed by atoms with Crippen molar-refractivity contribution < 1.29 is 9.84 Å². The minimum Gasteiger partial charge on any atom is -0.497 e. The van der Waals surface area contributed by atoms with Gasteiger partial charge in [-0.1, -0.05) is 0 Å². The van der Waals surface area contributed by atoms with Crippen molar-refractivity contribution in [2.75, 3.05) is 26.8 Å². The van der Waals surface area contributed by atoms with Crippen LogP contribution in [0, 0.1) is 5.92 Å². The Morgan fingerprint density at radius 3 is 2.71 bits per heavy atom. The van der Waals surface area contributed by atoms with Crippen molar-refractivity contribution in [2.45, 2.75) is 24.8 Å². The molecule has 24 heavy (non-hydrogen) atoms. The summed E-state index contributed by atoms with van der Waals surface area (Å²) in [5.41, 5.74) is 3.45. The van der Waals surface area contributed by atoms with Crippen LogP contribution in [0.15, 0.2) is 30.3 Å². The molecule has 5 nitrogen and oxygen atoms in total. The molecule has 0 aliphatic carbocycles. The molecule has 0 radical (unpaired) electrons. The van der Waals surface area contributed by atoms with Crippen LogP contribution in [0.5, 0.6) is 5.75 Å². The molecule has 1 aromatic heterocycles. The second kappa shape index (κ2) is 6.22. The zero-order valence-electron chi connectivity index (χ0n) is 14.4. The van der Waals surface area contributed by atoms with Gasteiger partial charge < -0.3 is 9.84 Å². The van der Waals surface area contributed by atoms with E-state index in [1.807, 2.05) is 23.9 Å². The van der Waals surface area contributed by atoms with E-state index in [0.29, 0.717) is 17.9 Å². The normalized spacial score (nSPS) is 29.0. The number of fused-ring (bicyclic) bond motifs is 3. The number of benzene rings is 1. The smallest absolute Gasteiger partial charge is 0.118 e. The van der Waals surface area contributed by atoms with E-state index in [-0.39, 0.29) is 6.61 Å². The highest BCUT2D eigenvalue weighted by molar-refractivity contribution is 5.60. The maximum Gasteiger partial charge on any atom is 0.118 e. The molecule has 3 fully saturated rings. The Balaban J connectivity index is 1.60. The summed E-state index contributed by atoms with van der Waals surface area (Å²) in [5, 5.41) is 14.3. The van der Waals surface area contributed by atoms with Gasteiger partial charge in [-0.15, -0.1) is 0 Å². The van der Waals surface area contributed by atoms with E-state index < -0.39 is 0 Å². The maximum absolute atomic E-state index is 9.55. The first-order valence-electron chi connectivity index (χ1n) is 8.73. The lowest BCUT2D eigenvalue weighted by Gasteiger charge is -2.49. The molecule has 5 rings (SSSR count). The molecular weight excluding hydrogens is 302 g/mol. The van der Waals surface area contributed by atoms with Crippen molar-refractivity contribution >= 4 is 0 Å². The Bertz CT molecular complexity index is 710. The average molecular weight is 327 g/mol. The van der Waals surface area contributed by atoms with E-state index in [2.05, 4.69) is 23.1 Å². The van der Waals surface area contributed by atoms with Crippen LogP contribution in [0.3, 0.4) is 0 Å². The van der Waals surface area contributed by atoms with Crippen molar-refractivity contribution in [2.24, 2.45) is 13.0 Å². The van der Waals surface area contributed by atoms with Crippen LogP contribution in [0.1, 0.15) is 24.5 Å². The molecule has 3 aliphatic heterocycles. The average Bonchev–Trinajstić information content (AvgIpc) is 3.03. The third-order valence-electron chi connectivity index (χ3n) is 5.77. The zero-order valence-corrected chi connectivity index (χ0v) is 14.4. The number of ether oxygens (including phenoxy) is 1.